The number of aliphatic carboxylic acids is 1. The topological polar surface area (TPSA) is 74.6 Å². The van der Waals surface area contributed by atoms with Crippen LogP contribution in [0.2, 0.25) is 0 Å². The van der Waals surface area contributed by atoms with Crippen LogP contribution < -0.4 is 0 Å². The predicted molar refractivity (Wildman–Crippen MR) is 129 cm³/mol. The summed E-state index contributed by atoms with van der Waals surface area (Å²) in [4.78, 5) is 24.0. The molecule has 4 nitrogen and oxygen atoms in total. The van der Waals surface area contributed by atoms with E-state index in [2.05, 4.69) is 18.2 Å². The summed E-state index contributed by atoms with van der Waals surface area (Å²) in [5.41, 5.74) is 0. The van der Waals surface area contributed by atoms with Gasteiger partial charge in [-0.1, -0.05) is 30.4 Å². The van der Waals surface area contributed by atoms with E-state index in [-0.39, 0.29) is 16.9 Å². The van der Waals surface area contributed by atoms with E-state index in [1.54, 1.807) is 23.1 Å². The monoisotopic (exact) mass is 464 g/mol. The highest BCUT2D eigenvalue weighted by atomic mass is 32.2. The third-order valence-electron chi connectivity index (χ3n) is 5.13. The third-order valence-corrected chi connectivity index (χ3v) is 8.83. The van der Waals surface area contributed by atoms with Crippen molar-refractivity contribution in [1.82, 2.24) is 0 Å². The summed E-state index contributed by atoms with van der Waals surface area (Å²) in [5, 5.41) is 20.3. The molecule has 162 valence electrons. The highest BCUT2D eigenvalue weighted by molar-refractivity contribution is 8.01. The molecular weight excluding hydrogens is 436 g/mol. The fourth-order valence-electron chi connectivity index (χ4n) is 3.60. The molecule has 1 aliphatic carbocycles. The maximum Gasteiger partial charge on any atom is 0.313 e. The van der Waals surface area contributed by atoms with Crippen molar-refractivity contribution in [2.75, 3.05) is 17.3 Å². The number of aryl methyl sites for hydroxylation is 1. The molecule has 1 aliphatic rings. The van der Waals surface area contributed by atoms with Crippen LogP contribution in [0.25, 0.3) is 10.1 Å². The lowest BCUT2D eigenvalue weighted by molar-refractivity contribution is -0.133. The number of carbonyl (C=O) groups excluding carboxylic acids is 1. The van der Waals surface area contributed by atoms with E-state index in [0.29, 0.717) is 18.6 Å². The van der Waals surface area contributed by atoms with Gasteiger partial charge in [-0.2, -0.15) is 11.8 Å². The molecule has 0 saturated heterocycles. The van der Waals surface area contributed by atoms with Gasteiger partial charge in [0.25, 0.3) is 0 Å². The molecule has 7 heteroatoms. The normalized spacial score (nSPS) is 20.4. The molecule has 0 unspecified atom stereocenters. The van der Waals surface area contributed by atoms with E-state index in [1.807, 2.05) is 24.3 Å². The number of thioether (sulfide) groups is 2. The average Bonchev–Trinajstić information content (AvgIpc) is 3.30. The number of hydrogen-bond acceptors (Lipinski definition) is 6. The highest BCUT2D eigenvalue weighted by Gasteiger charge is 2.33. The van der Waals surface area contributed by atoms with Gasteiger partial charge in [0.15, 0.2) is 0 Å². The van der Waals surface area contributed by atoms with Gasteiger partial charge in [0, 0.05) is 16.0 Å². The molecule has 0 radical (unpaired) electrons. The van der Waals surface area contributed by atoms with Gasteiger partial charge in [-0.25, -0.2) is 0 Å². The minimum absolute atomic E-state index is 0.0273. The van der Waals surface area contributed by atoms with Crippen LogP contribution >= 0.6 is 34.9 Å². The zero-order valence-corrected chi connectivity index (χ0v) is 19.3. The van der Waals surface area contributed by atoms with E-state index in [0.717, 1.165) is 30.8 Å². The fourth-order valence-corrected chi connectivity index (χ4v) is 6.88. The Bertz CT molecular complexity index is 843. The van der Waals surface area contributed by atoms with Crippen LogP contribution in [0.5, 0.6) is 0 Å². The van der Waals surface area contributed by atoms with Crippen molar-refractivity contribution in [1.29, 1.82) is 0 Å². The number of carbonyl (C=O) groups is 2. The zero-order chi connectivity index (χ0) is 21.3. The SMILES string of the molecule is O=C(O)CSCCCS[C@H]1C(=O)CC[C@@H]1C=C[C@@H](O)CCc1cc2ccccc2s1. The molecular formula is C23H28O4S3. The molecule has 0 bridgehead atoms. The first-order chi connectivity index (χ1) is 14.5. The van der Waals surface area contributed by atoms with Crippen molar-refractivity contribution < 1.29 is 19.8 Å². The Morgan fingerprint density at radius 2 is 2.13 bits per heavy atom. The number of carboxylic acids is 1. The van der Waals surface area contributed by atoms with E-state index in [1.165, 1.54) is 26.7 Å². The van der Waals surface area contributed by atoms with Crippen LogP contribution in [0.4, 0.5) is 0 Å². The lowest BCUT2D eigenvalue weighted by Gasteiger charge is -2.15. The van der Waals surface area contributed by atoms with E-state index in [4.69, 9.17) is 5.11 Å². The Labute approximate surface area is 190 Å². The lowest BCUT2D eigenvalue weighted by atomic mass is 10.0. The Morgan fingerprint density at radius 1 is 1.30 bits per heavy atom. The van der Waals surface area contributed by atoms with Crippen LogP contribution in [0, 0.1) is 5.92 Å². The number of rotatable bonds is 12. The molecule has 2 N–H and O–H groups in total. The van der Waals surface area contributed by atoms with Crippen LogP contribution in [-0.2, 0) is 16.0 Å². The van der Waals surface area contributed by atoms with Crippen molar-refractivity contribution in [3.63, 3.8) is 0 Å². The summed E-state index contributed by atoms with van der Waals surface area (Å²) in [7, 11) is 0. The third kappa shape index (κ3) is 7.15. The largest absolute Gasteiger partial charge is 0.481 e. The maximum atomic E-state index is 12.2. The van der Waals surface area contributed by atoms with Gasteiger partial charge in [0.1, 0.15) is 5.78 Å². The number of hydrogen-bond donors (Lipinski definition) is 2. The maximum absolute atomic E-state index is 12.2. The first-order valence-electron chi connectivity index (χ1n) is 10.3. The van der Waals surface area contributed by atoms with Gasteiger partial charge < -0.3 is 10.2 Å². The summed E-state index contributed by atoms with van der Waals surface area (Å²) in [6.07, 6.45) is 7.31. The molecule has 2 aromatic rings. The summed E-state index contributed by atoms with van der Waals surface area (Å²) in [6.45, 7) is 0. The quantitative estimate of drug-likeness (QED) is 0.339. The number of ketones is 1. The minimum Gasteiger partial charge on any atom is -0.481 e. The Balaban J connectivity index is 1.41. The summed E-state index contributed by atoms with van der Waals surface area (Å²) in [5.74, 6) is 1.51. The van der Waals surface area contributed by atoms with Crippen molar-refractivity contribution >= 4 is 56.7 Å². The van der Waals surface area contributed by atoms with Crippen LogP contribution in [-0.4, -0.2) is 50.6 Å². The number of carboxylic acid groups (broad SMARTS) is 1. The first kappa shape index (κ1) is 23.4. The number of thiophene rings is 1. The Hall–Kier alpha value is -1.28. The molecule has 30 heavy (non-hydrogen) atoms. The van der Waals surface area contributed by atoms with Gasteiger partial charge in [-0.05, 0) is 60.6 Å². The molecule has 1 fully saturated rings. The molecule has 3 rings (SSSR count). The van der Waals surface area contributed by atoms with E-state index < -0.39 is 12.1 Å². The second-order valence-electron chi connectivity index (χ2n) is 7.50. The second kappa shape index (κ2) is 11.9. The molecule has 0 aliphatic heterocycles. The number of allylic oxidation sites excluding steroid dienone is 1. The molecule has 3 atom stereocenters. The summed E-state index contributed by atoms with van der Waals surface area (Å²) < 4.78 is 1.28. The molecule has 1 heterocycles. The number of benzene rings is 1. The van der Waals surface area contributed by atoms with Crippen LogP contribution in [0.15, 0.2) is 42.5 Å². The molecule has 1 saturated carbocycles. The average molecular weight is 465 g/mol. The summed E-state index contributed by atoms with van der Waals surface area (Å²) >= 11 is 4.88. The zero-order valence-electron chi connectivity index (χ0n) is 16.9. The number of Topliss-reactive ketones (excluding diaryl/α,β-unsaturated/α-hetero) is 1. The second-order valence-corrected chi connectivity index (χ2v) is 11.0. The molecule has 1 aromatic heterocycles. The number of aliphatic hydroxyl groups is 1. The Kier molecular flexibility index (Phi) is 9.30. The molecule has 1 aromatic carbocycles. The van der Waals surface area contributed by atoms with Gasteiger partial charge >= 0.3 is 5.97 Å². The Morgan fingerprint density at radius 3 is 2.93 bits per heavy atom. The van der Waals surface area contributed by atoms with Crippen molar-refractivity contribution in [3.8, 4) is 0 Å². The van der Waals surface area contributed by atoms with Gasteiger partial charge in [-0.15, -0.1) is 23.1 Å². The first-order valence-corrected chi connectivity index (χ1v) is 13.3. The van der Waals surface area contributed by atoms with Crippen molar-refractivity contribution in [3.05, 3.63) is 47.4 Å². The van der Waals surface area contributed by atoms with Crippen LogP contribution in [0.1, 0.15) is 30.6 Å². The summed E-state index contributed by atoms with van der Waals surface area (Å²) in [6, 6.07) is 10.5. The van der Waals surface area contributed by atoms with Gasteiger partial charge in [-0.3, -0.25) is 9.59 Å². The highest BCUT2D eigenvalue weighted by Crippen LogP contribution is 2.34. The van der Waals surface area contributed by atoms with Gasteiger partial charge in [0.2, 0.25) is 0 Å². The minimum atomic E-state index is -0.783. The number of aliphatic hydroxyl groups excluding tert-OH is 1. The predicted octanol–water partition coefficient (Wildman–Crippen LogP) is 5.04. The van der Waals surface area contributed by atoms with E-state index in [9.17, 15) is 14.7 Å². The smallest absolute Gasteiger partial charge is 0.313 e. The molecule has 0 spiro atoms. The van der Waals surface area contributed by atoms with Crippen molar-refractivity contribution in [2.24, 2.45) is 5.92 Å². The van der Waals surface area contributed by atoms with Crippen LogP contribution in [0.3, 0.4) is 0 Å². The van der Waals surface area contributed by atoms with E-state index >= 15 is 0 Å². The molecule has 0 amide bonds. The van der Waals surface area contributed by atoms with Crippen molar-refractivity contribution in [2.45, 2.75) is 43.5 Å². The van der Waals surface area contributed by atoms with Gasteiger partial charge in [0.05, 0.1) is 17.1 Å². The fraction of sp³-hybridized carbons (Fsp3) is 0.478. The standard InChI is InChI=1S/C23H28O4S3/c24-18(9-10-19-14-17-4-1-2-5-21(17)30-19)8-6-16-7-11-20(25)23(16)29-13-3-12-28-15-22(26)27/h1-2,4-6,8,14,16,18,23-24H,3,7,9-13,15H2,(H,26,27)/t16-,18+,23+/m0/s1. The lowest BCUT2D eigenvalue weighted by Crippen LogP contribution is -2.17. The number of fused-ring (bicyclic) bond motifs is 1.